The Bertz CT molecular complexity index is 2440. The summed E-state index contributed by atoms with van der Waals surface area (Å²) in [6.07, 6.45) is 5.19. The summed E-state index contributed by atoms with van der Waals surface area (Å²) in [6, 6.07) is 2.46. The highest BCUT2D eigenvalue weighted by atomic mass is 32.1. The third-order valence-electron chi connectivity index (χ3n) is 14.5. The van der Waals surface area contributed by atoms with Crippen molar-refractivity contribution in [1.82, 2.24) is 30.7 Å². The van der Waals surface area contributed by atoms with Gasteiger partial charge < -0.3 is 42.0 Å². The van der Waals surface area contributed by atoms with Gasteiger partial charge in [-0.1, -0.05) is 47.1 Å². The maximum atomic E-state index is 14.0. The number of phenolic OH excluding ortho intramolecular Hbond substituents is 1. The summed E-state index contributed by atoms with van der Waals surface area (Å²) < 4.78 is 5.75. The van der Waals surface area contributed by atoms with Crippen molar-refractivity contribution in [1.29, 1.82) is 0 Å². The highest BCUT2D eigenvalue weighted by Gasteiger charge is 2.37. The van der Waals surface area contributed by atoms with Crippen molar-refractivity contribution in [2.45, 2.75) is 175 Å². The number of benzene rings is 1. The number of likely N-dealkylation sites (N-methyl/N-ethyl adjacent to an activating group) is 1. The van der Waals surface area contributed by atoms with Crippen LogP contribution in [0.4, 0.5) is 5.69 Å². The maximum absolute atomic E-state index is 14.0. The number of Topliss-reactive ketones (excluding diaryl/α,β-unsaturated/α-hetero) is 2. The first-order valence-electron chi connectivity index (χ1n) is 27.1. The first-order chi connectivity index (χ1) is 36.7. The van der Waals surface area contributed by atoms with Crippen LogP contribution in [0.3, 0.4) is 0 Å². The molecule has 0 spiro atoms. The van der Waals surface area contributed by atoms with Gasteiger partial charge in [0, 0.05) is 81.1 Å². The predicted molar refractivity (Wildman–Crippen MR) is 294 cm³/mol. The van der Waals surface area contributed by atoms with Crippen LogP contribution in [0.2, 0.25) is 0 Å². The van der Waals surface area contributed by atoms with E-state index in [0.717, 1.165) is 22.7 Å². The molecule has 0 aliphatic carbocycles. The molecule has 3 rings (SSSR count). The normalized spacial score (nSPS) is 15.3. The van der Waals surface area contributed by atoms with Crippen LogP contribution in [0.25, 0.3) is 0 Å². The topological polar surface area (TPSA) is 316 Å². The van der Waals surface area contributed by atoms with Gasteiger partial charge in [-0.2, -0.15) is 0 Å². The van der Waals surface area contributed by atoms with Crippen LogP contribution in [0.1, 0.15) is 166 Å². The number of hydrogen-bond donors (Lipinski definition) is 7. The molecule has 1 aromatic carbocycles. The highest BCUT2D eigenvalue weighted by molar-refractivity contribution is 7.09. The van der Waals surface area contributed by atoms with Crippen LogP contribution >= 0.6 is 11.3 Å². The number of carboxylic acid groups (broad SMARTS) is 1. The number of aromatic nitrogens is 1. The number of nitrogens with zero attached hydrogens (tertiary/aromatic N) is 3. The number of carboxylic acids is 1. The summed E-state index contributed by atoms with van der Waals surface area (Å²) in [6.45, 7) is 14.9. The zero-order valence-corrected chi connectivity index (χ0v) is 48.1. The fourth-order valence-electron chi connectivity index (χ4n) is 8.69. The molecule has 1 aliphatic rings. The minimum absolute atomic E-state index is 0.00239. The van der Waals surface area contributed by atoms with E-state index < -0.39 is 77.2 Å². The minimum Gasteiger partial charge on any atom is -0.506 e. The van der Waals surface area contributed by atoms with Gasteiger partial charge in [0.05, 0.1) is 29.7 Å². The molecule has 21 nitrogen and oxygen atoms in total. The summed E-state index contributed by atoms with van der Waals surface area (Å²) in [7, 11) is 3.64. The van der Waals surface area contributed by atoms with Crippen molar-refractivity contribution in [3.05, 3.63) is 52.0 Å². The van der Waals surface area contributed by atoms with E-state index >= 15 is 0 Å². The van der Waals surface area contributed by atoms with Gasteiger partial charge in [0.25, 0.3) is 17.7 Å². The number of amides is 6. The Kier molecular flexibility index (Phi) is 26.9. The predicted octanol–water partition coefficient (Wildman–Crippen LogP) is 5.07. The molecule has 9 N–H and O–H groups in total. The van der Waals surface area contributed by atoms with E-state index in [0.29, 0.717) is 49.2 Å². The van der Waals surface area contributed by atoms with Crippen molar-refractivity contribution in [3.63, 3.8) is 0 Å². The smallest absolute Gasteiger partial charge is 0.306 e. The minimum atomic E-state index is -1.09. The van der Waals surface area contributed by atoms with Gasteiger partial charge >= 0.3 is 11.9 Å². The molecule has 1 aliphatic heterocycles. The molecule has 1 aromatic heterocycles. The lowest BCUT2D eigenvalue weighted by Gasteiger charge is -2.34. The van der Waals surface area contributed by atoms with Gasteiger partial charge in [0.1, 0.15) is 16.5 Å². The fraction of sp³-hybridized carbons (Fsp3) is 0.625. The number of aromatic hydroxyl groups is 1. The number of aliphatic carboxylic acids is 1. The number of quaternary nitrogens is 1. The molecule has 0 saturated carbocycles. The van der Waals surface area contributed by atoms with Crippen molar-refractivity contribution < 1.29 is 68.6 Å². The lowest BCUT2D eigenvalue weighted by Crippen LogP contribution is -2.50. The Morgan fingerprint density at radius 1 is 0.872 bits per heavy atom. The first kappa shape index (κ1) is 65.9. The average molecular weight is 1110 g/mol. The molecule has 0 radical (unpaired) electrons. The number of carbonyl (C=O) groups is 10. The SMILES string of the molecule is CC[C@H](C)[C@H](CC(=O)C(C)(C)N(C)C)C(=O)N[C@H](C[C@@H](OC(C)=O)c1nc(C(=O)N[C@@H](Cc2ccc(O)c(NC(=O)CCCCC(=O)[C@H](CCCC[NH3+])NC(=O)CCCN3C(=O)C=CC3=O)c2)CC(C)C(=O)O)cs1)C(C)C. The quantitative estimate of drug-likeness (QED) is 0.0203. The zero-order valence-electron chi connectivity index (χ0n) is 47.2. The van der Waals surface area contributed by atoms with Gasteiger partial charge in [0.15, 0.2) is 17.7 Å². The van der Waals surface area contributed by atoms with Gasteiger partial charge in [0.2, 0.25) is 17.7 Å². The standard InChI is InChI=1S/C56H84N8O13S/c1-11-34(4)39(30-47(68)56(7,8)63(9)10)52(73)61-41(33(2)3)31-46(77-36(6)65)54-62-43(32-78-54)53(74)58-38(27-35(5)55(75)76)28-37-21-22-45(67)42(29-37)60-48(69)19-13-12-18-44(66)40(17-14-15-25-57)59-49(70)20-16-26-64-50(71)23-24-51(64)72/h21-24,29,32-35,38-41,46,67H,11-20,25-28,30-31,57H2,1-10H3,(H,58,74)(H,59,70)(H,60,69)(H,61,73)(H,75,76)/p+1/t34-,35?,38+,39-,40-,41+,46+/m0/s1. The van der Waals surface area contributed by atoms with Gasteiger partial charge in [-0.3, -0.25) is 57.7 Å². The number of ether oxygens (including phenoxy) is 1. The first-order valence-corrected chi connectivity index (χ1v) is 28.0. The van der Waals surface area contributed by atoms with Crippen molar-refractivity contribution >= 4 is 76.0 Å². The Hall–Kier alpha value is -6.39. The lowest BCUT2D eigenvalue weighted by molar-refractivity contribution is -0.368. The largest absolute Gasteiger partial charge is 0.506 e. The van der Waals surface area contributed by atoms with E-state index in [-0.39, 0.29) is 110 Å². The molecule has 7 atom stereocenters. The molecule has 2 aromatic rings. The third kappa shape index (κ3) is 21.1. The molecule has 432 valence electrons. The molecule has 6 amide bonds. The number of ketones is 2. The van der Waals surface area contributed by atoms with Crippen molar-refractivity contribution in [2.24, 2.45) is 23.7 Å². The Labute approximate surface area is 462 Å². The second-order valence-electron chi connectivity index (χ2n) is 21.5. The second-order valence-corrected chi connectivity index (χ2v) is 22.4. The van der Waals surface area contributed by atoms with Crippen LogP contribution in [0.15, 0.2) is 35.7 Å². The van der Waals surface area contributed by atoms with Crippen LogP contribution in [-0.2, 0) is 54.3 Å². The molecule has 78 heavy (non-hydrogen) atoms. The van der Waals surface area contributed by atoms with E-state index in [2.05, 4.69) is 32.0 Å². The van der Waals surface area contributed by atoms with E-state index in [1.165, 1.54) is 43.5 Å². The number of phenols is 1. The number of hydrogen-bond acceptors (Lipinski definition) is 15. The number of esters is 1. The number of nitrogens with one attached hydrogen (secondary N) is 4. The summed E-state index contributed by atoms with van der Waals surface area (Å²) in [4.78, 5) is 136. The second kappa shape index (κ2) is 31.9. The molecule has 0 bridgehead atoms. The van der Waals surface area contributed by atoms with Gasteiger partial charge in [-0.25, -0.2) is 4.98 Å². The van der Waals surface area contributed by atoms with E-state index in [4.69, 9.17) is 4.74 Å². The van der Waals surface area contributed by atoms with Crippen molar-refractivity contribution in [3.8, 4) is 5.75 Å². The van der Waals surface area contributed by atoms with Crippen LogP contribution in [0.5, 0.6) is 5.75 Å². The lowest BCUT2D eigenvalue weighted by atomic mass is 9.81. The number of carbonyl (C=O) groups excluding carboxylic acids is 9. The van der Waals surface area contributed by atoms with Crippen LogP contribution in [0, 0.1) is 23.7 Å². The number of anilines is 1. The number of rotatable bonds is 36. The summed E-state index contributed by atoms with van der Waals surface area (Å²) in [5.41, 5.74) is 3.67. The molecular formula is C56H85N8O13S+. The summed E-state index contributed by atoms with van der Waals surface area (Å²) >= 11 is 1.08. The van der Waals surface area contributed by atoms with E-state index in [9.17, 15) is 58.2 Å². The molecule has 22 heteroatoms. The van der Waals surface area contributed by atoms with Crippen LogP contribution < -0.4 is 27.0 Å². The molecule has 0 saturated heterocycles. The highest BCUT2D eigenvalue weighted by Crippen LogP contribution is 2.31. The maximum Gasteiger partial charge on any atom is 0.306 e. The van der Waals surface area contributed by atoms with Gasteiger partial charge in [-0.05, 0) is 109 Å². The Morgan fingerprint density at radius 2 is 1.53 bits per heavy atom. The van der Waals surface area contributed by atoms with Gasteiger partial charge in [-0.15, -0.1) is 11.3 Å². The Balaban J connectivity index is 1.68. The van der Waals surface area contributed by atoms with Crippen molar-refractivity contribution in [2.75, 3.05) is 32.5 Å². The van der Waals surface area contributed by atoms with Crippen LogP contribution in [-0.4, -0.2) is 135 Å². The van der Waals surface area contributed by atoms with E-state index in [1.54, 1.807) is 6.07 Å². The number of imide groups is 1. The number of thiazole rings is 1. The summed E-state index contributed by atoms with van der Waals surface area (Å²) in [5.74, 6) is -6.50. The zero-order chi connectivity index (χ0) is 58.4. The molecular weight excluding hydrogens is 1020 g/mol. The fourth-order valence-corrected chi connectivity index (χ4v) is 9.53. The number of unbranched alkanes of at least 4 members (excludes halogenated alkanes) is 2. The molecule has 2 heterocycles. The molecule has 1 unspecified atom stereocenters. The van der Waals surface area contributed by atoms with E-state index in [1.807, 2.05) is 60.5 Å². The monoisotopic (exact) mass is 1110 g/mol. The third-order valence-corrected chi connectivity index (χ3v) is 15.4. The average Bonchev–Trinajstić information content (AvgIpc) is 4.00. The molecule has 0 fully saturated rings. The summed E-state index contributed by atoms with van der Waals surface area (Å²) in [5, 5.41) is 33.9. The Morgan fingerprint density at radius 3 is 2.13 bits per heavy atom.